The maximum Gasteiger partial charge on any atom is 0.352 e. The molecule has 1 atom stereocenters. The molecule has 0 aliphatic heterocycles. The Morgan fingerprint density at radius 2 is 1.93 bits per heavy atom. The van der Waals surface area contributed by atoms with E-state index in [1.54, 1.807) is 49.4 Å². The number of hydrogen-bond acceptors (Lipinski definition) is 6. The molecule has 1 N–H and O–H groups in total. The predicted molar refractivity (Wildman–Crippen MR) is 115 cm³/mol. The monoisotopic (exact) mass is 472 g/mol. The van der Waals surface area contributed by atoms with Crippen molar-refractivity contribution in [1.82, 2.24) is 5.32 Å². The number of carbonyl (C=O) groups is 2. The van der Waals surface area contributed by atoms with E-state index in [0.29, 0.717) is 30.2 Å². The smallest absolute Gasteiger partial charge is 0.352 e. The average molecular weight is 473 g/mol. The Hall–Kier alpha value is -3.15. The first-order valence-electron chi connectivity index (χ1n) is 9.06. The number of methoxy groups -OCH3 is 1. The second-order valence-corrected chi connectivity index (χ2v) is 7.04. The molecule has 0 saturated carbocycles. The highest BCUT2D eigenvalue weighted by Gasteiger charge is 2.17. The molecule has 0 aromatic heterocycles. The SMILES string of the molecule is COCCNC(=O)/C(C#N)=C/c1ccc(OC(=O)C(C)Oc2cccc(Br)c2)cc1. The molecule has 2 aromatic rings. The first-order valence-corrected chi connectivity index (χ1v) is 9.85. The Balaban J connectivity index is 1.96. The molecule has 156 valence electrons. The van der Waals surface area contributed by atoms with Gasteiger partial charge in [-0.05, 0) is 48.9 Å². The number of nitrogens with zero attached hydrogens (tertiary/aromatic N) is 1. The summed E-state index contributed by atoms with van der Waals surface area (Å²) in [5.74, 6) is -0.163. The molecule has 1 amide bonds. The van der Waals surface area contributed by atoms with Crippen LogP contribution in [0, 0.1) is 11.3 Å². The molecule has 0 aliphatic rings. The van der Waals surface area contributed by atoms with Gasteiger partial charge in [0.05, 0.1) is 6.61 Å². The summed E-state index contributed by atoms with van der Waals surface area (Å²) in [6.45, 7) is 2.26. The van der Waals surface area contributed by atoms with Crippen molar-refractivity contribution >= 4 is 33.9 Å². The van der Waals surface area contributed by atoms with Crippen molar-refractivity contribution in [2.24, 2.45) is 0 Å². The van der Waals surface area contributed by atoms with Crippen LogP contribution in [0.5, 0.6) is 11.5 Å². The van der Waals surface area contributed by atoms with Gasteiger partial charge in [-0.2, -0.15) is 5.26 Å². The van der Waals surface area contributed by atoms with Crippen molar-refractivity contribution in [3.05, 3.63) is 64.1 Å². The summed E-state index contributed by atoms with van der Waals surface area (Å²) in [6.07, 6.45) is 0.645. The second kappa shape index (κ2) is 11.8. The lowest BCUT2D eigenvalue weighted by atomic mass is 10.1. The van der Waals surface area contributed by atoms with E-state index in [-0.39, 0.29) is 5.57 Å². The summed E-state index contributed by atoms with van der Waals surface area (Å²) < 4.78 is 16.6. The number of carbonyl (C=O) groups excluding carboxylic acids is 2. The van der Waals surface area contributed by atoms with E-state index in [4.69, 9.17) is 14.2 Å². The Bertz CT molecular complexity index is 951. The summed E-state index contributed by atoms with van der Waals surface area (Å²) in [7, 11) is 1.52. The maximum atomic E-state index is 12.2. The minimum atomic E-state index is -0.806. The van der Waals surface area contributed by atoms with Gasteiger partial charge in [-0.15, -0.1) is 0 Å². The largest absolute Gasteiger partial charge is 0.479 e. The standard InChI is InChI=1S/C22H21BrN2O5/c1-15(29-20-5-3-4-18(23)13-20)22(27)30-19-8-6-16(7-9-19)12-17(14-24)21(26)25-10-11-28-2/h3-9,12-13,15H,10-11H2,1-2H3,(H,25,26)/b17-12+. The number of nitrogens with one attached hydrogen (secondary N) is 1. The molecule has 30 heavy (non-hydrogen) atoms. The predicted octanol–water partition coefficient (Wildman–Crippen LogP) is 3.49. The van der Waals surface area contributed by atoms with Crippen LogP contribution in [-0.2, 0) is 14.3 Å². The van der Waals surface area contributed by atoms with Crippen molar-refractivity contribution in [2.45, 2.75) is 13.0 Å². The highest BCUT2D eigenvalue weighted by atomic mass is 79.9. The highest BCUT2D eigenvalue weighted by molar-refractivity contribution is 9.10. The number of benzene rings is 2. The lowest BCUT2D eigenvalue weighted by Crippen LogP contribution is -2.28. The lowest BCUT2D eigenvalue weighted by Gasteiger charge is -2.14. The van der Waals surface area contributed by atoms with E-state index >= 15 is 0 Å². The van der Waals surface area contributed by atoms with Crippen LogP contribution in [0.4, 0.5) is 0 Å². The van der Waals surface area contributed by atoms with Crippen LogP contribution in [0.3, 0.4) is 0 Å². The van der Waals surface area contributed by atoms with Crippen LogP contribution in [0.2, 0.25) is 0 Å². The lowest BCUT2D eigenvalue weighted by molar-refractivity contribution is -0.141. The molecule has 2 aromatic carbocycles. The van der Waals surface area contributed by atoms with Crippen LogP contribution in [0.1, 0.15) is 12.5 Å². The molecule has 0 bridgehead atoms. The number of esters is 1. The van der Waals surface area contributed by atoms with Crippen LogP contribution in [0.25, 0.3) is 6.08 Å². The molecule has 0 saturated heterocycles. The first kappa shape index (κ1) is 23.1. The fourth-order valence-electron chi connectivity index (χ4n) is 2.30. The fraction of sp³-hybridized carbons (Fsp3) is 0.227. The molecule has 0 radical (unpaired) electrons. The molecule has 2 rings (SSSR count). The van der Waals surface area contributed by atoms with Crippen LogP contribution >= 0.6 is 15.9 Å². The van der Waals surface area contributed by atoms with E-state index in [1.807, 2.05) is 12.1 Å². The van der Waals surface area contributed by atoms with Crippen LogP contribution in [-0.4, -0.2) is 38.2 Å². The third-order valence-electron chi connectivity index (χ3n) is 3.81. The van der Waals surface area contributed by atoms with Crippen molar-refractivity contribution in [2.75, 3.05) is 20.3 Å². The zero-order valence-corrected chi connectivity index (χ0v) is 18.1. The Morgan fingerprint density at radius 3 is 2.57 bits per heavy atom. The van der Waals surface area contributed by atoms with E-state index < -0.39 is 18.0 Å². The summed E-state index contributed by atoms with van der Waals surface area (Å²) in [5.41, 5.74) is 0.582. The maximum absolute atomic E-state index is 12.2. The van der Waals surface area contributed by atoms with Crippen molar-refractivity contribution in [3.63, 3.8) is 0 Å². The topological polar surface area (TPSA) is 97.6 Å². The molecule has 0 aliphatic carbocycles. The number of ether oxygens (including phenoxy) is 3. The zero-order chi connectivity index (χ0) is 21.9. The van der Waals surface area contributed by atoms with Gasteiger partial charge in [-0.25, -0.2) is 4.79 Å². The average Bonchev–Trinajstić information content (AvgIpc) is 2.73. The van der Waals surface area contributed by atoms with Crippen LogP contribution < -0.4 is 14.8 Å². The number of hydrogen-bond donors (Lipinski definition) is 1. The normalized spacial score (nSPS) is 11.9. The van der Waals surface area contributed by atoms with Crippen molar-refractivity contribution < 1.29 is 23.8 Å². The Labute approximate surface area is 183 Å². The van der Waals surface area contributed by atoms with Gasteiger partial charge < -0.3 is 19.5 Å². The molecule has 8 heteroatoms. The molecular formula is C22H21BrN2O5. The fourth-order valence-corrected chi connectivity index (χ4v) is 2.68. The van der Waals surface area contributed by atoms with Gasteiger partial charge in [0.2, 0.25) is 0 Å². The summed E-state index contributed by atoms with van der Waals surface area (Å²) in [5, 5.41) is 11.8. The number of rotatable bonds is 9. The highest BCUT2D eigenvalue weighted by Crippen LogP contribution is 2.20. The molecular weight excluding hydrogens is 452 g/mol. The third-order valence-corrected chi connectivity index (χ3v) is 4.30. The van der Waals surface area contributed by atoms with Gasteiger partial charge in [0.1, 0.15) is 23.1 Å². The van der Waals surface area contributed by atoms with Gasteiger partial charge in [0.15, 0.2) is 6.10 Å². The Kier molecular flexibility index (Phi) is 9.06. The minimum Gasteiger partial charge on any atom is -0.479 e. The second-order valence-electron chi connectivity index (χ2n) is 6.13. The number of halogens is 1. The molecule has 0 heterocycles. The summed E-state index contributed by atoms with van der Waals surface area (Å²) >= 11 is 3.34. The quantitative estimate of drug-likeness (QED) is 0.197. The zero-order valence-electron chi connectivity index (χ0n) is 16.6. The summed E-state index contributed by atoms with van der Waals surface area (Å²) in [6, 6.07) is 15.5. The van der Waals surface area contributed by atoms with Gasteiger partial charge >= 0.3 is 5.97 Å². The molecule has 7 nitrogen and oxygen atoms in total. The van der Waals surface area contributed by atoms with Gasteiger partial charge in [-0.1, -0.05) is 34.1 Å². The van der Waals surface area contributed by atoms with E-state index in [2.05, 4.69) is 21.2 Å². The van der Waals surface area contributed by atoms with Gasteiger partial charge in [-0.3, -0.25) is 4.79 Å². The number of amides is 1. The molecule has 0 fully saturated rings. The first-order chi connectivity index (χ1) is 14.4. The molecule has 0 spiro atoms. The third kappa shape index (κ3) is 7.35. The van der Waals surface area contributed by atoms with Gasteiger partial charge in [0.25, 0.3) is 5.91 Å². The minimum absolute atomic E-state index is 0.0353. The van der Waals surface area contributed by atoms with Crippen LogP contribution in [0.15, 0.2) is 58.6 Å². The van der Waals surface area contributed by atoms with E-state index in [0.717, 1.165) is 4.47 Å². The van der Waals surface area contributed by atoms with Crippen molar-refractivity contribution in [3.8, 4) is 17.6 Å². The van der Waals surface area contributed by atoms with E-state index in [9.17, 15) is 14.9 Å². The van der Waals surface area contributed by atoms with E-state index in [1.165, 1.54) is 13.2 Å². The summed E-state index contributed by atoms with van der Waals surface area (Å²) in [4.78, 5) is 24.2. The van der Waals surface area contributed by atoms with Gasteiger partial charge in [0, 0.05) is 18.1 Å². The van der Waals surface area contributed by atoms with Crippen molar-refractivity contribution in [1.29, 1.82) is 5.26 Å². The number of nitriles is 1. The molecule has 1 unspecified atom stereocenters. The Morgan fingerprint density at radius 1 is 1.20 bits per heavy atom.